The third-order valence-corrected chi connectivity index (χ3v) is 5.71. The lowest BCUT2D eigenvalue weighted by Gasteiger charge is -2.39. The van der Waals surface area contributed by atoms with E-state index in [-0.39, 0.29) is 18.0 Å². The molecular weight excluding hydrogens is 304 g/mol. The van der Waals surface area contributed by atoms with E-state index in [0.29, 0.717) is 38.6 Å². The van der Waals surface area contributed by atoms with E-state index < -0.39 is 10.0 Å². The van der Waals surface area contributed by atoms with Crippen molar-refractivity contribution in [3.63, 3.8) is 0 Å². The predicted octanol–water partition coefficient (Wildman–Crippen LogP) is 1.07. The fraction of sp³-hybridized carbons (Fsp3) is 0.933. The Balaban J connectivity index is 2.12. The number of hydrogen-bond acceptors (Lipinski definition) is 4. The van der Waals surface area contributed by atoms with Gasteiger partial charge in [0.2, 0.25) is 15.9 Å². The van der Waals surface area contributed by atoms with E-state index in [1.165, 1.54) is 10.6 Å². The van der Waals surface area contributed by atoms with Gasteiger partial charge in [0.05, 0.1) is 6.26 Å². The van der Waals surface area contributed by atoms with E-state index in [4.69, 9.17) is 4.74 Å². The Bertz CT molecular complexity index is 486. The molecule has 1 atom stereocenters. The highest BCUT2D eigenvalue weighted by Crippen LogP contribution is 2.26. The Morgan fingerprint density at radius 1 is 1.23 bits per heavy atom. The third-order valence-electron chi connectivity index (χ3n) is 4.44. The molecule has 128 valence electrons. The van der Waals surface area contributed by atoms with Crippen molar-refractivity contribution >= 4 is 15.9 Å². The number of sulfonamides is 1. The Morgan fingerprint density at radius 2 is 1.86 bits per heavy atom. The Hall–Kier alpha value is -0.660. The number of amides is 1. The van der Waals surface area contributed by atoms with Crippen LogP contribution in [0.3, 0.4) is 0 Å². The van der Waals surface area contributed by atoms with Crippen LogP contribution in [-0.4, -0.2) is 68.2 Å². The number of carbonyl (C=O) groups is 1. The standard InChI is InChI=1S/C15H28N2O4S/c1-12(2)10-15(18)17(13-5-8-21-9-6-13)14-4-7-16(11-14)22(3,19)20/h12-14H,4-11H2,1-3H3. The molecule has 1 amide bonds. The van der Waals surface area contributed by atoms with Gasteiger partial charge in [0.25, 0.3) is 0 Å². The van der Waals surface area contributed by atoms with E-state index in [1.807, 2.05) is 18.7 Å². The Kier molecular flexibility index (Phi) is 5.85. The second-order valence-electron chi connectivity index (χ2n) is 6.81. The summed E-state index contributed by atoms with van der Waals surface area (Å²) in [6, 6.07) is 0.189. The van der Waals surface area contributed by atoms with Gasteiger partial charge in [-0.05, 0) is 25.2 Å². The number of ether oxygens (including phenoxy) is 1. The van der Waals surface area contributed by atoms with Gasteiger partial charge in [-0.15, -0.1) is 0 Å². The minimum atomic E-state index is -3.18. The van der Waals surface area contributed by atoms with E-state index >= 15 is 0 Å². The van der Waals surface area contributed by atoms with Crippen molar-refractivity contribution in [1.82, 2.24) is 9.21 Å². The van der Waals surface area contributed by atoms with E-state index in [9.17, 15) is 13.2 Å². The average Bonchev–Trinajstić information content (AvgIpc) is 2.88. The zero-order valence-corrected chi connectivity index (χ0v) is 14.6. The molecule has 2 rings (SSSR count). The predicted molar refractivity (Wildman–Crippen MR) is 85.0 cm³/mol. The van der Waals surface area contributed by atoms with Gasteiger partial charge in [0, 0.05) is 44.8 Å². The van der Waals surface area contributed by atoms with Crippen LogP contribution in [0.1, 0.15) is 39.5 Å². The van der Waals surface area contributed by atoms with Gasteiger partial charge in [-0.2, -0.15) is 0 Å². The smallest absolute Gasteiger partial charge is 0.223 e. The summed E-state index contributed by atoms with van der Waals surface area (Å²) >= 11 is 0. The monoisotopic (exact) mass is 332 g/mol. The van der Waals surface area contributed by atoms with Crippen molar-refractivity contribution in [2.75, 3.05) is 32.6 Å². The van der Waals surface area contributed by atoms with Gasteiger partial charge in [0.1, 0.15) is 0 Å². The summed E-state index contributed by atoms with van der Waals surface area (Å²) in [6.45, 7) is 6.38. The summed E-state index contributed by atoms with van der Waals surface area (Å²) in [6.07, 6.45) is 4.18. The molecule has 0 bridgehead atoms. The number of hydrogen-bond donors (Lipinski definition) is 0. The molecule has 0 aromatic rings. The highest BCUT2D eigenvalue weighted by Gasteiger charge is 2.38. The largest absolute Gasteiger partial charge is 0.381 e. The molecule has 0 aromatic heterocycles. The maximum absolute atomic E-state index is 12.7. The number of carbonyl (C=O) groups excluding carboxylic acids is 1. The molecule has 1 unspecified atom stereocenters. The average molecular weight is 332 g/mol. The minimum Gasteiger partial charge on any atom is -0.381 e. The topological polar surface area (TPSA) is 66.9 Å². The Labute approximate surface area is 133 Å². The van der Waals surface area contributed by atoms with Crippen LogP contribution in [0.5, 0.6) is 0 Å². The molecule has 2 saturated heterocycles. The second kappa shape index (κ2) is 7.27. The van der Waals surface area contributed by atoms with Crippen LogP contribution in [-0.2, 0) is 19.6 Å². The van der Waals surface area contributed by atoms with Crippen LogP contribution in [0.2, 0.25) is 0 Å². The summed E-state index contributed by atoms with van der Waals surface area (Å²) in [5.41, 5.74) is 0. The molecule has 0 aromatic carbocycles. The highest BCUT2D eigenvalue weighted by atomic mass is 32.2. The van der Waals surface area contributed by atoms with Gasteiger partial charge in [-0.25, -0.2) is 12.7 Å². The Morgan fingerprint density at radius 3 is 2.36 bits per heavy atom. The number of rotatable bonds is 5. The van der Waals surface area contributed by atoms with Crippen LogP contribution in [0.15, 0.2) is 0 Å². The molecule has 0 saturated carbocycles. The summed E-state index contributed by atoms with van der Waals surface area (Å²) in [4.78, 5) is 14.7. The van der Waals surface area contributed by atoms with Gasteiger partial charge in [-0.3, -0.25) is 4.79 Å². The summed E-state index contributed by atoms with van der Waals surface area (Å²) in [5, 5.41) is 0. The van der Waals surface area contributed by atoms with Crippen molar-refractivity contribution < 1.29 is 17.9 Å². The lowest BCUT2D eigenvalue weighted by atomic mass is 10.0. The fourth-order valence-corrected chi connectivity index (χ4v) is 4.24. The zero-order chi connectivity index (χ0) is 16.3. The molecule has 0 spiro atoms. The van der Waals surface area contributed by atoms with Crippen molar-refractivity contribution in [3.05, 3.63) is 0 Å². The first-order chi connectivity index (χ1) is 10.3. The van der Waals surface area contributed by atoms with E-state index in [1.54, 1.807) is 0 Å². The van der Waals surface area contributed by atoms with E-state index in [0.717, 1.165) is 19.3 Å². The first-order valence-electron chi connectivity index (χ1n) is 8.13. The van der Waals surface area contributed by atoms with Crippen molar-refractivity contribution in [2.45, 2.75) is 51.6 Å². The third kappa shape index (κ3) is 4.43. The lowest BCUT2D eigenvalue weighted by molar-refractivity contribution is -0.139. The van der Waals surface area contributed by atoms with E-state index in [2.05, 4.69) is 0 Å². The molecule has 2 heterocycles. The van der Waals surface area contributed by atoms with Crippen molar-refractivity contribution in [3.8, 4) is 0 Å². The molecule has 0 radical (unpaired) electrons. The first-order valence-corrected chi connectivity index (χ1v) is 9.98. The van der Waals surface area contributed by atoms with Gasteiger partial charge < -0.3 is 9.64 Å². The van der Waals surface area contributed by atoms with Crippen LogP contribution < -0.4 is 0 Å². The molecule has 2 aliphatic rings. The molecule has 2 aliphatic heterocycles. The van der Waals surface area contributed by atoms with Gasteiger partial charge >= 0.3 is 0 Å². The van der Waals surface area contributed by atoms with Crippen LogP contribution in [0, 0.1) is 5.92 Å². The first kappa shape index (κ1) is 17.7. The zero-order valence-electron chi connectivity index (χ0n) is 13.8. The van der Waals surface area contributed by atoms with Crippen molar-refractivity contribution in [2.24, 2.45) is 5.92 Å². The summed E-state index contributed by atoms with van der Waals surface area (Å²) in [7, 11) is -3.18. The molecular formula is C15H28N2O4S. The van der Waals surface area contributed by atoms with Crippen LogP contribution in [0.4, 0.5) is 0 Å². The SMILES string of the molecule is CC(C)CC(=O)N(C1CCOCC1)C1CCN(S(C)(=O)=O)C1. The molecule has 22 heavy (non-hydrogen) atoms. The van der Waals surface area contributed by atoms with Gasteiger partial charge in [0.15, 0.2) is 0 Å². The second-order valence-corrected chi connectivity index (χ2v) is 8.79. The maximum Gasteiger partial charge on any atom is 0.223 e. The van der Waals surface area contributed by atoms with Gasteiger partial charge in [-0.1, -0.05) is 13.8 Å². The highest BCUT2D eigenvalue weighted by molar-refractivity contribution is 7.88. The lowest BCUT2D eigenvalue weighted by Crippen LogP contribution is -2.50. The number of nitrogens with zero attached hydrogens (tertiary/aromatic N) is 2. The maximum atomic E-state index is 12.7. The van der Waals surface area contributed by atoms with Crippen LogP contribution >= 0.6 is 0 Å². The molecule has 0 N–H and O–H groups in total. The molecule has 2 fully saturated rings. The normalized spacial score (nSPS) is 24.8. The fourth-order valence-electron chi connectivity index (χ4n) is 3.36. The molecule has 7 heteroatoms. The summed E-state index contributed by atoms with van der Waals surface area (Å²) in [5.74, 6) is 0.463. The summed E-state index contributed by atoms with van der Waals surface area (Å²) < 4.78 is 30.4. The van der Waals surface area contributed by atoms with Crippen molar-refractivity contribution in [1.29, 1.82) is 0 Å². The molecule has 0 aliphatic carbocycles. The minimum absolute atomic E-state index is 0.00377. The molecule has 6 nitrogen and oxygen atoms in total. The quantitative estimate of drug-likeness (QED) is 0.755. The van der Waals surface area contributed by atoms with Crippen LogP contribution in [0.25, 0.3) is 0 Å².